The summed E-state index contributed by atoms with van der Waals surface area (Å²) in [6, 6.07) is 0. The van der Waals surface area contributed by atoms with Gasteiger partial charge in [-0.3, -0.25) is 0 Å². The van der Waals surface area contributed by atoms with Crippen LogP contribution in [0.3, 0.4) is 0 Å². The summed E-state index contributed by atoms with van der Waals surface area (Å²) in [6.07, 6.45) is 6.43. The Kier molecular flexibility index (Phi) is 7.61. The minimum atomic E-state index is -1.14. The standard InChI is InChI=1S/C9H15Cl3O2/c10-9(11,12)7-5-3-1-2-4-6-8(13)14/h6,13-14H,1-5,7H2. The van der Waals surface area contributed by atoms with Crippen molar-refractivity contribution in [2.45, 2.75) is 42.3 Å². The lowest BCUT2D eigenvalue weighted by atomic mass is 10.1. The summed E-state index contributed by atoms with van der Waals surface area (Å²) in [5.74, 6) is -0.605. The van der Waals surface area contributed by atoms with E-state index in [0.29, 0.717) is 12.8 Å². The SMILES string of the molecule is OC(O)=CCCCCCCC(Cl)(Cl)Cl. The van der Waals surface area contributed by atoms with Gasteiger partial charge in [0, 0.05) is 0 Å². The molecule has 0 aliphatic rings. The number of hydrogen-bond acceptors (Lipinski definition) is 2. The number of aliphatic hydroxyl groups is 2. The third-order valence-corrected chi connectivity index (χ3v) is 2.31. The molecule has 84 valence electrons. The summed E-state index contributed by atoms with van der Waals surface area (Å²) < 4.78 is -1.14. The Labute approximate surface area is 99.5 Å². The summed E-state index contributed by atoms with van der Waals surface area (Å²) in [6.45, 7) is 0. The largest absolute Gasteiger partial charge is 0.481 e. The Hall–Kier alpha value is 0.210. The highest BCUT2D eigenvalue weighted by atomic mass is 35.6. The van der Waals surface area contributed by atoms with E-state index in [1.54, 1.807) is 0 Å². The van der Waals surface area contributed by atoms with E-state index in [4.69, 9.17) is 45.0 Å². The maximum atomic E-state index is 8.43. The van der Waals surface area contributed by atoms with E-state index in [9.17, 15) is 0 Å². The van der Waals surface area contributed by atoms with Gasteiger partial charge in [-0.05, 0) is 31.8 Å². The second-order valence-corrected chi connectivity index (χ2v) is 5.65. The van der Waals surface area contributed by atoms with Crippen molar-refractivity contribution in [2.24, 2.45) is 0 Å². The van der Waals surface area contributed by atoms with Gasteiger partial charge in [0.2, 0.25) is 0 Å². The number of unbranched alkanes of at least 4 members (excludes halogenated alkanes) is 4. The molecule has 0 aromatic rings. The quantitative estimate of drug-likeness (QED) is 0.415. The average molecular weight is 262 g/mol. The van der Waals surface area contributed by atoms with E-state index < -0.39 is 9.74 Å². The molecule has 0 unspecified atom stereocenters. The van der Waals surface area contributed by atoms with Crippen molar-refractivity contribution in [2.75, 3.05) is 0 Å². The van der Waals surface area contributed by atoms with Gasteiger partial charge in [0.1, 0.15) is 0 Å². The van der Waals surface area contributed by atoms with Crippen LogP contribution in [0.2, 0.25) is 0 Å². The Morgan fingerprint density at radius 2 is 1.57 bits per heavy atom. The van der Waals surface area contributed by atoms with Crippen molar-refractivity contribution in [1.29, 1.82) is 0 Å². The maximum absolute atomic E-state index is 8.43. The molecule has 0 aromatic heterocycles. The summed E-state index contributed by atoms with van der Waals surface area (Å²) in [5, 5.41) is 16.9. The number of halogens is 3. The van der Waals surface area contributed by atoms with E-state index in [1.807, 2.05) is 0 Å². The molecule has 0 saturated heterocycles. The van der Waals surface area contributed by atoms with Crippen LogP contribution in [0.1, 0.15) is 38.5 Å². The normalized spacial score (nSPS) is 11.4. The van der Waals surface area contributed by atoms with E-state index in [1.165, 1.54) is 6.08 Å². The molecule has 0 heterocycles. The van der Waals surface area contributed by atoms with Gasteiger partial charge < -0.3 is 10.2 Å². The first kappa shape index (κ1) is 14.2. The van der Waals surface area contributed by atoms with Gasteiger partial charge in [0.05, 0.1) is 0 Å². The second-order valence-electron chi connectivity index (χ2n) is 3.13. The van der Waals surface area contributed by atoms with Crippen LogP contribution in [-0.2, 0) is 0 Å². The van der Waals surface area contributed by atoms with Crippen LogP contribution in [0, 0.1) is 0 Å². The number of rotatable bonds is 6. The fourth-order valence-electron chi connectivity index (χ4n) is 1.05. The molecule has 0 amide bonds. The minimum absolute atomic E-state index is 0.568. The molecule has 0 aliphatic heterocycles. The fraction of sp³-hybridized carbons (Fsp3) is 0.778. The molecule has 0 aromatic carbocycles. The number of aliphatic hydroxyl groups excluding tert-OH is 1. The zero-order chi connectivity index (χ0) is 11.0. The van der Waals surface area contributed by atoms with Crippen molar-refractivity contribution in [3.63, 3.8) is 0 Å². The number of hydrogen-bond donors (Lipinski definition) is 2. The van der Waals surface area contributed by atoms with Gasteiger partial charge in [-0.15, -0.1) is 0 Å². The van der Waals surface area contributed by atoms with Crippen LogP contribution < -0.4 is 0 Å². The Balaban J connectivity index is 3.19. The molecule has 0 saturated carbocycles. The molecule has 14 heavy (non-hydrogen) atoms. The van der Waals surface area contributed by atoms with Gasteiger partial charge in [-0.25, -0.2) is 0 Å². The summed E-state index contributed by atoms with van der Waals surface area (Å²) in [7, 11) is 0. The first-order valence-electron chi connectivity index (χ1n) is 4.56. The van der Waals surface area contributed by atoms with E-state index in [2.05, 4.69) is 0 Å². The predicted octanol–water partition coefficient (Wildman–Crippen LogP) is 4.65. The van der Waals surface area contributed by atoms with E-state index >= 15 is 0 Å². The number of alkyl halides is 3. The molecule has 0 bridgehead atoms. The number of allylic oxidation sites excluding steroid dienone is 1. The van der Waals surface area contributed by atoms with Crippen molar-refractivity contribution in [3.8, 4) is 0 Å². The second kappa shape index (κ2) is 7.49. The van der Waals surface area contributed by atoms with Crippen molar-refractivity contribution < 1.29 is 10.2 Å². The van der Waals surface area contributed by atoms with Crippen molar-refractivity contribution in [1.82, 2.24) is 0 Å². The lowest BCUT2D eigenvalue weighted by Gasteiger charge is -2.09. The van der Waals surface area contributed by atoms with Crippen LogP contribution in [0.5, 0.6) is 0 Å². The van der Waals surface area contributed by atoms with Gasteiger partial charge in [-0.2, -0.15) is 0 Å². The lowest BCUT2D eigenvalue weighted by Crippen LogP contribution is -2.00. The molecule has 2 N–H and O–H groups in total. The predicted molar refractivity (Wildman–Crippen MR) is 61.3 cm³/mol. The average Bonchev–Trinajstić information content (AvgIpc) is 2.00. The van der Waals surface area contributed by atoms with Gasteiger partial charge >= 0.3 is 0 Å². The maximum Gasteiger partial charge on any atom is 0.269 e. The first-order valence-corrected chi connectivity index (χ1v) is 5.70. The van der Waals surface area contributed by atoms with Crippen molar-refractivity contribution in [3.05, 3.63) is 12.0 Å². The zero-order valence-electron chi connectivity index (χ0n) is 7.85. The fourth-order valence-corrected chi connectivity index (χ4v) is 1.46. The highest BCUT2D eigenvalue weighted by Crippen LogP contribution is 2.32. The third kappa shape index (κ3) is 12.2. The van der Waals surface area contributed by atoms with Gasteiger partial charge in [-0.1, -0.05) is 47.6 Å². The molecule has 0 radical (unpaired) electrons. The lowest BCUT2D eigenvalue weighted by molar-refractivity contribution is 0.189. The first-order chi connectivity index (χ1) is 6.42. The van der Waals surface area contributed by atoms with E-state index in [0.717, 1.165) is 25.7 Å². The Morgan fingerprint density at radius 1 is 1.00 bits per heavy atom. The van der Waals surface area contributed by atoms with Crippen LogP contribution in [-0.4, -0.2) is 14.0 Å². The molecular weight excluding hydrogens is 246 g/mol. The molecule has 0 spiro atoms. The van der Waals surface area contributed by atoms with Crippen LogP contribution >= 0.6 is 34.8 Å². The summed E-state index contributed by atoms with van der Waals surface area (Å²) >= 11 is 16.7. The molecular formula is C9H15Cl3O2. The Bertz CT molecular complexity index is 171. The van der Waals surface area contributed by atoms with Gasteiger partial charge in [0.25, 0.3) is 5.95 Å². The van der Waals surface area contributed by atoms with Gasteiger partial charge in [0.15, 0.2) is 3.79 Å². The molecule has 0 rings (SSSR count). The molecule has 0 atom stereocenters. The third-order valence-electron chi connectivity index (χ3n) is 1.74. The Morgan fingerprint density at radius 3 is 2.07 bits per heavy atom. The highest BCUT2D eigenvalue weighted by molar-refractivity contribution is 6.67. The molecule has 0 aliphatic carbocycles. The topological polar surface area (TPSA) is 40.5 Å². The molecule has 2 nitrogen and oxygen atoms in total. The molecule has 5 heteroatoms. The van der Waals surface area contributed by atoms with Crippen LogP contribution in [0.15, 0.2) is 12.0 Å². The summed E-state index contributed by atoms with van der Waals surface area (Å²) in [5.41, 5.74) is 0. The van der Waals surface area contributed by atoms with E-state index in [-0.39, 0.29) is 0 Å². The minimum Gasteiger partial charge on any atom is -0.481 e. The van der Waals surface area contributed by atoms with Crippen LogP contribution in [0.25, 0.3) is 0 Å². The van der Waals surface area contributed by atoms with Crippen LogP contribution in [0.4, 0.5) is 0 Å². The molecule has 0 fully saturated rings. The summed E-state index contributed by atoms with van der Waals surface area (Å²) in [4.78, 5) is 0. The highest BCUT2D eigenvalue weighted by Gasteiger charge is 2.17. The van der Waals surface area contributed by atoms with Crippen molar-refractivity contribution >= 4 is 34.8 Å². The smallest absolute Gasteiger partial charge is 0.269 e. The monoisotopic (exact) mass is 260 g/mol. The zero-order valence-corrected chi connectivity index (χ0v) is 10.1.